The van der Waals surface area contributed by atoms with Crippen LogP contribution in [0.5, 0.6) is 5.75 Å². The fourth-order valence-electron chi connectivity index (χ4n) is 2.83. The number of hydrogen-bond donors (Lipinski definition) is 1. The molecule has 0 spiro atoms. The van der Waals surface area contributed by atoms with E-state index in [2.05, 4.69) is 17.2 Å². The Morgan fingerprint density at radius 1 is 1.13 bits per heavy atom. The largest absolute Gasteiger partial charge is 0.494 e. The van der Waals surface area contributed by atoms with E-state index >= 15 is 0 Å². The molecule has 8 nitrogen and oxygen atoms in total. The van der Waals surface area contributed by atoms with Gasteiger partial charge >= 0.3 is 5.97 Å². The number of carbonyl (C=O) groups is 2. The highest BCUT2D eigenvalue weighted by Gasteiger charge is 2.11. The van der Waals surface area contributed by atoms with Crippen LogP contribution in [0.2, 0.25) is 0 Å². The minimum Gasteiger partial charge on any atom is -0.494 e. The van der Waals surface area contributed by atoms with E-state index in [1.807, 2.05) is 13.0 Å². The first kappa shape index (κ1) is 22.0. The van der Waals surface area contributed by atoms with Crippen molar-refractivity contribution in [2.45, 2.75) is 33.3 Å². The molecular weight excluding hydrogens is 398 g/mol. The van der Waals surface area contributed by atoms with Gasteiger partial charge in [0.1, 0.15) is 24.5 Å². The number of unbranched alkanes of at least 4 members (excludes halogenated alkanes) is 1. The minimum atomic E-state index is -0.626. The standard InChI is InChI=1S/C23H25N3O5/c1-3-4-11-30-19-8-6-17(7-9-19)23(29)24-13-22(28)31-15-18-12-21(27)26-14-16(2)5-10-20(26)25-18/h5-10,12,14H,3-4,11,13,15H2,1-2H3,(H,24,29). The maximum atomic E-state index is 12.2. The van der Waals surface area contributed by atoms with Crippen LogP contribution in [0.3, 0.4) is 0 Å². The first-order valence-electron chi connectivity index (χ1n) is 10.1. The van der Waals surface area contributed by atoms with Gasteiger partial charge in [0.15, 0.2) is 0 Å². The Morgan fingerprint density at radius 2 is 1.90 bits per heavy atom. The van der Waals surface area contributed by atoms with Crippen LogP contribution >= 0.6 is 0 Å². The van der Waals surface area contributed by atoms with Gasteiger partial charge in [0.05, 0.1) is 12.3 Å². The van der Waals surface area contributed by atoms with Crippen LogP contribution in [-0.4, -0.2) is 34.4 Å². The number of nitrogens with zero attached hydrogens (tertiary/aromatic N) is 2. The Morgan fingerprint density at radius 3 is 2.65 bits per heavy atom. The van der Waals surface area contributed by atoms with E-state index < -0.39 is 11.9 Å². The van der Waals surface area contributed by atoms with E-state index in [0.29, 0.717) is 29.3 Å². The molecule has 1 aromatic carbocycles. The van der Waals surface area contributed by atoms with Gasteiger partial charge in [-0.05, 0) is 49.2 Å². The summed E-state index contributed by atoms with van der Waals surface area (Å²) in [5, 5.41) is 2.51. The van der Waals surface area contributed by atoms with E-state index in [9.17, 15) is 14.4 Å². The number of esters is 1. The van der Waals surface area contributed by atoms with Crippen LogP contribution in [0.1, 0.15) is 41.4 Å². The highest BCUT2D eigenvalue weighted by Crippen LogP contribution is 2.12. The quantitative estimate of drug-likeness (QED) is 0.420. The molecule has 3 aromatic rings. The molecule has 8 heteroatoms. The van der Waals surface area contributed by atoms with Crippen molar-refractivity contribution in [3.05, 3.63) is 75.8 Å². The molecule has 0 aliphatic carbocycles. The molecule has 0 radical (unpaired) electrons. The predicted octanol–water partition coefficient (Wildman–Crippen LogP) is 2.66. The molecular formula is C23H25N3O5. The first-order valence-corrected chi connectivity index (χ1v) is 10.1. The number of benzene rings is 1. The van der Waals surface area contributed by atoms with Crippen LogP contribution in [0.15, 0.2) is 53.5 Å². The topological polar surface area (TPSA) is 99.0 Å². The molecule has 0 unspecified atom stereocenters. The van der Waals surface area contributed by atoms with Gasteiger partial charge in [-0.15, -0.1) is 0 Å². The summed E-state index contributed by atoms with van der Waals surface area (Å²) in [5.74, 6) is -0.327. The molecule has 0 saturated heterocycles. The third kappa shape index (κ3) is 6.15. The van der Waals surface area contributed by atoms with Gasteiger partial charge in [-0.3, -0.25) is 18.8 Å². The number of pyridine rings is 1. The Labute approximate surface area is 179 Å². The van der Waals surface area contributed by atoms with Gasteiger partial charge in [-0.1, -0.05) is 19.4 Å². The zero-order valence-electron chi connectivity index (χ0n) is 17.6. The SMILES string of the molecule is CCCCOc1ccc(C(=O)NCC(=O)OCc2cc(=O)n3cc(C)ccc3n2)cc1. The van der Waals surface area contributed by atoms with E-state index in [-0.39, 0.29) is 18.7 Å². The average molecular weight is 423 g/mol. The molecule has 0 saturated carbocycles. The molecule has 0 aliphatic heterocycles. The van der Waals surface area contributed by atoms with Crippen LogP contribution in [0, 0.1) is 6.92 Å². The van der Waals surface area contributed by atoms with Crippen molar-refractivity contribution in [3.63, 3.8) is 0 Å². The normalized spacial score (nSPS) is 10.6. The number of nitrogens with one attached hydrogen (secondary N) is 1. The van der Waals surface area contributed by atoms with E-state index in [4.69, 9.17) is 9.47 Å². The number of hydrogen-bond acceptors (Lipinski definition) is 6. The molecule has 0 bridgehead atoms. The first-order chi connectivity index (χ1) is 15.0. The lowest BCUT2D eigenvalue weighted by molar-refractivity contribution is -0.143. The van der Waals surface area contributed by atoms with Gasteiger partial charge in [0.2, 0.25) is 0 Å². The smallest absolute Gasteiger partial charge is 0.325 e. The molecule has 162 valence electrons. The number of aryl methyl sites for hydroxylation is 1. The second kappa shape index (κ2) is 10.4. The minimum absolute atomic E-state index is 0.155. The van der Waals surface area contributed by atoms with Crippen LogP contribution < -0.4 is 15.6 Å². The summed E-state index contributed by atoms with van der Waals surface area (Å²) in [6.45, 7) is 4.15. The van der Waals surface area contributed by atoms with Crippen molar-refractivity contribution in [2.75, 3.05) is 13.2 Å². The lowest BCUT2D eigenvalue weighted by atomic mass is 10.2. The Bertz CT molecular complexity index is 1120. The monoisotopic (exact) mass is 423 g/mol. The predicted molar refractivity (Wildman–Crippen MR) is 115 cm³/mol. The van der Waals surface area contributed by atoms with E-state index in [0.717, 1.165) is 18.4 Å². The summed E-state index contributed by atoms with van der Waals surface area (Å²) in [6.07, 6.45) is 3.71. The Balaban J connectivity index is 1.49. The highest BCUT2D eigenvalue weighted by atomic mass is 16.5. The number of fused-ring (bicyclic) bond motifs is 1. The maximum Gasteiger partial charge on any atom is 0.325 e. The molecule has 1 amide bonds. The summed E-state index contributed by atoms with van der Waals surface area (Å²) >= 11 is 0. The number of amides is 1. The second-order valence-electron chi connectivity index (χ2n) is 7.09. The van der Waals surface area contributed by atoms with Gasteiger partial charge in [0, 0.05) is 17.8 Å². The van der Waals surface area contributed by atoms with E-state index in [1.54, 1.807) is 36.5 Å². The summed E-state index contributed by atoms with van der Waals surface area (Å²) in [4.78, 5) is 40.7. The summed E-state index contributed by atoms with van der Waals surface area (Å²) < 4.78 is 12.1. The fourth-order valence-corrected chi connectivity index (χ4v) is 2.83. The van der Waals surface area contributed by atoms with Crippen molar-refractivity contribution < 1.29 is 19.1 Å². The lowest BCUT2D eigenvalue weighted by Gasteiger charge is -2.08. The highest BCUT2D eigenvalue weighted by molar-refractivity contribution is 5.96. The van der Waals surface area contributed by atoms with Crippen molar-refractivity contribution in [2.24, 2.45) is 0 Å². The third-order valence-electron chi connectivity index (χ3n) is 4.52. The number of rotatable bonds is 9. The molecule has 1 N–H and O–H groups in total. The maximum absolute atomic E-state index is 12.2. The zero-order chi connectivity index (χ0) is 22.2. The summed E-state index contributed by atoms with van der Waals surface area (Å²) in [7, 11) is 0. The molecule has 31 heavy (non-hydrogen) atoms. The summed E-state index contributed by atoms with van der Waals surface area (Å²) in [6, 6.07) is 11.6. The van der Waals surface area contributed by atoms with Crippen LogP contribution in [-0.2, 0) is 16.1 Å². The Kier molecular flexibility index (Phi) is 7.37. The lowest BCUT2D eigenvalue weighted by Crippen LogP contribution is -2.30. The average Bonchev–Trinajstić information content (AvgIpc) is 2.77. The van der Waals surface area contributed by atoms with Crippen LogP contribution in [0.4, 0.5) is 0 Å². The van der Waals surface area contributed by atoms with Gasteiger partial charge in [-0.25, -0.2) is 4.98 Å². The molecule has 0 atom stereocenters. The number of carbonyl (C=O) groups excluding carboxylic acids is 2. The number of aromatic nitrogens is 2. The zero-order valence-corrected chi connectivity index (χ0v) is 17.6. The van der Waals surface area contributed by atoms with E-state index in [1.165, 1.54) is 10.5 Å². The third-order valence-corrected chi connectivity index (χ3v) is 4.52. The molecule has 0 aliphatic rings. The molecule has 3 rings (SSSR count). The Hall–Kier alpha value is -3.68. The van der Waals surface area contributed by atoms with Gasteiger partial charge < -0.3 is 14.8 Å². The second-order valence-corrected chi connectivity index (χ2v) is 7.09. The molecule has 2 aromatic heterocycles. The molecule has 2 heterocycles. The van der Waals surface area contributed by atoms with Crippen molar-refractivity contribution in [1.29, 1.82) is 0 Å². The van der Waals surface area contributed by atoms with Crippen molar-refractivity contribution in [1.82, 2.24) is 14.7 Å². The fraction of sp³-hybridized carbons (Fsp3) is 0.304. The number of ether oxygens (including phenoxy) is 2. The van der Waals surface area contributed by atoms with Crippen molar-refractivity contribution >= 4 is 17.5 Å². The van der Waals surface area contributed by atoms with Gasteiger partial charge in [0.25, 0.3) is 11.5 Å². The van der Waals surface area contributed by atoms with Gasteiger partial charge in [-0.2, -0.15) is 0 Å². The van der Waals surface area contributed by atoms with Crippen molar-refractivity contribution in [3.8, 4) is 5.75 Å². The summed E-state index contributed by atoms with van der Waals surface area (Å²) in [5.41, 5.74) is 1.90. The van der Waals surface area contributed by atoms with Crippen LogP contribution in [0.25, 0.3) is 5.65 Å². The molecule has 0 fully saturated rings.